The lowest BCUT2D eigenvalue weighted by Gasteiger charge is -2.14. The van der Waals surface area contributed by atoms with E-state index < -0.39 is 0 Å². The zero-order valence-corrected chi connectivity index (χ0v) is 23.0. The van der Waals surface area contributed by atoms with E-state index in [1.165, 1.54) is 57.0 Å². The summed E-state index contributed by atoms with van der Waals surface area (Å²) in [5, 5.41) is 14.8. The highest BCUT2D eigenvalue weighted by Gasteiger charge is 2.14. The third-order valence-electron chi connectivity index (χ3n) is 7.72. The lowest BCUT2D eigenvalue weighted by molar-refractivity contribution is 1.48. The molecule has 0 unspecified atom stereocenters. The van der Waals surface area contributed by atoms with Gasteiger partial charge in [-0.2, -0.15) is 5.26 Å². The highest BCUT2D eigenvalue weighted by molar-refractivity contribution is 7.26. The van der Waals surface area contributed by atoms with E-state index in [0.717, 1.165) is 16.7 Å². The maximum Gasteiger partial charge on any atom is 0.0991 e. The number of nitriles is 1. The van der Waals surface area contributed by atoms with Gasteiger partial charge in [0.25, 0.3) is 0 Å². The molecule has 0 spiro atoms. The highest BCUT2D eigenvalue weighted by atomic mass is 32.1. The molecule has 40 heavy (non-hydrogen) atoms. The van der Waals surface area contributed by atoms with Crippen LogP contribution in [0.2, 0.25) is 0 Å². The van der Waals surface area contributed by atoms with Crippen molar-refractivity contribution in [1.82, 2.24) is 0 Å². The lowest BCUT2D eigenvalue weighted by Crippen LogP contribution is -1.89. The second-order valence-corrected chi connectivity index (χ2v) is 12.2. The Hall–Kier alpha value is -4.75. The SMILES string of the molecule is N#Cc1cccc(-c2cc(-c3ccc4sc5ccccc5c4c3)ccc2-c2ccc3sc4ccccc4c3c2)c1. The van der Waals surface area contributed by atoms with Crippen molar-refractivity contribution >= 4 is 63.0 Å². The molecule has 186 valence electrons. The van der Waals surface area contributed by atoms with Crippen molar-refractivity contribution in [2.24, 2.45) is 0 Å². The van der Waals surface area contributed by atoms with Crippen LogP contribution in [0.5, 0.6) is 0 Å². The van der Waals surface area contributed by atoms with E-state index in [1.54, 1.807) is 0 Å². The van der Waals surface area contributed by atoms with Crippen LogP contribution in [0.3, 0.4) is 0 Å². The molecule has 3 heteroatoms. The Labute approximate surface area is 239 Å². The van der Waals surface area contributed by atoms with Gasteiger partial charge < -0.3 is 0 Å². The first kappa shape index (κ1) is 23.2. The molecule has 0 aliphatic carbocycles. The van der Waals surface area contributed by atoms with Gasteiger partial charge in [0, 0.05) is 40.3 Å². The fourth-order valence-corrected chi connectivity index (χ4v) is 7.94. The predicted octanol–water partition coefficient (Wildman–Crippen LogP) is 11.3. The van der Waals surface area contributed by atoms with Gasteiger partial charge in [0.05, 0.1) is 11.6 Å². The average molecular weight is 544 g/mol. The number of hydrogen-bond donors (Lipinski definition) is 0. The normalized spacial score (nSPS) is 11.5. The smallest absolute Gasteiger partial charge is 0.0991 e. The lowest BCUT2D eigenvalue weighted by atomic mass is 9.90. The van der Waals surface area contributed by atoms with Crippen molar-refractivity contribution in [3.63, 3.8) is 0 Å². The molecule has 8 rings (SSSR count). The van der Waals surface area contributed by atoms with Crippen molar-refractivity contribution in [1.29, 1.82) is 5.26 Å². The largest absolute Gasteiger partial charge is 0.192 e. The number of rotatable bonds is 3. The predicted molar refractivity (Wildman–Crippen MR) is 173 cm³/mol. The minimum absolute atomic E-state index is 0.666. The van der Waals surface area contributed by atoms with Crippen LogP contribution in [-0.2, 0) is 0 Å². The number of hydrogen-bond acceptors (Lipinski definition) is 3. The summed E-state index contributed by atoms with van der Waals surface area (Å²) < 4.78 is 5.23. The van der Waals surface area contributed by atoms with Crippen molar-refractivity contribution in [3.05, 3.63) is 133 Å². The quantitative estimate of drug-likeness (QED) is 0.217. The molecule has 0 atom stereocenters. The van der Waals surface area contributed by atoms with E-state index in [-0.39, 0.29) is 0 Å². The second-order valence-electron chi connectivity index (χ2n) is 10.1. The van der Waals surface area contributed by atoms with Crippen molar-refractivity contribution in [2.75, 3.05) is 0 Å². The van der Waals surface area contributed by atoms with Crippen LogP contribution in [0.15, 0.2) is 127 Å². The van der Waals surface area contributed by atoms with Crippen LogP contribution < -0.4 is 0 Å². The van der Waals surface area contributed by atoms with Crippen molar-refractivity contribution in [3.8, 4) is 39.4 Å². The van der Waals surface area contributed by atoms with E-state index in [0.29, 0.717) is 5.56 Å². The molecule has 0 aliphatic rings. The van der Waals surface area contributed by atoms with Crippen LogP contribution in [0.4, 0.5) is 0 Å². The van der Waals surface area contributed by atoms with Gasteiger partial charge in [0.1, 0.15) is 0 Å². The van der Waals surface area contributed by atoms with Gasteiger partial charge in [-0.1, -0.05) is 72.8 Å². The molecule has 0 saturated carbocycles. The van der Waals surface area contributed by atoms with E-state index in [1.807, 2.05) is 40.9 Å². The number of benzene rings is 6. The van der Waals surface area contributed by atoms with E-state index in [2.05, 4.69) is 115 Å². The highest BCUT2D eigenvalue weighted by Crippen LogP contribution is 2.41. The summed E-state index contributed by atoms with van der Waals surface area (Å²) in [5.74, 6) is 0. The minimum atomic E-state index is 0.666. The first-order valence-electron chi connectivity index (χ1n) is 13.2. The first-order chi connectivity index (χ1) is 19.7. The zero-order chi connectivity index (χ0) is 26.6. The Morgan fingerprint density at radius 1 is 0.400 bits per heavy atom. The maximum atomic E-state index is 9.64. The topological polar surface area (TPSA) is 23.8 Å². The molecule has 2 aromatic heterocycles. The van der Waals surface area contributed by atoms with Gasteiger partial charge in [-0.3, -0.25) is 0 Å². The molecule has 0 N–H and O–H groups in total. The molecule has 0 aliphatic heterocycles. The summed E-state index contributed by atoms with van der Waals surface area (Å²) in [6.45, 7) is 0. The van der Waals surface area contributed by atoms with Crippen LogP contribution >= 0.6 is 22.7 Å². The van der Waals surface area contributed by atoms with Gasteiger partial charge >= 0.3 is 0 Å². The van der Waals surface area contributed by atoms with E-state index >= 15 is 0 Å². The van der Waals surface area contributed by atoms with Crippen LogP contribution in [0.25, 0.3) is 73.7 Å². The Bertz CT molecular complexity index is 2290. The average Bonchev–Trinajstić information content (AvgIpc) is 3.58. The zero-order valence-electron chi connectivity index (χ0n) is 21.4. The molecule has 0 amide bonds. The second kappa shape index (κ2) is 9.17. The molecular weight excluding hydrogens is 523 g/mol. The van der Waals surface area contributed by atoms with Crippen LogP contribution in [0, 0.1) is 11.3 Å². The third kappa shape index (κ3) is 3.73. The maximum absolute atomic E-state index is 9.64. The summed E-state index contributed by atoms with van der Waals surface area (Å²) in [7, 11) is 0. The molecule has 1 nitrogen and oxygen atoms in total. The Morgan fingerprint density at radius 2 is 0.950 bits per heavy atom. The minimum Gasteiger partial charge on any atom is -0.192 e. The Kier molecular flexibility index (Phi) is 5.31. The molecule has 6 aromatic carbocycles. The van der Waals surface area contributed by atoms with Gasteiger partial charge in [0.15, 0.2) is 0 Å². The molecule has 0 saturated heterocycles. The first-order valence-corrected chi connectivity index (χ1v) is 14.9. The fraction of sp³-hybridized carbons (Fsp3) is 0. The number of fused-ring (bicyclic) bond motifs is 6. The molecule has 0 fully saturated rings. The van der Waals surface area contributed by atoms with Crippen molar-refractivity contribution < 1.29 is 0 Å². The van der Waals surface area contributed by atoms with E-state index in [9.17, 15) is 5.26 Å². The van der Waals surface area contributed by atoms with Gasteiger partial charge in [-0.15, -0.1) is 22.7 Å². The van der Waals surface area contributed by atoms with E-state index in [4.69, 9.17) is 0 Å². The Balaban J connectivity index is 1.34. The molecule has 2 heterocycles. The monoisotopic (exact) mass is 543 g/mol. The summed E-state index contributed by atoms with van der Waals surface area (Å²) in [5.41, 5.74) is 7.55. The molecular formula is C37H21NS2. The van der Waals surface area contributed by atoms with Crippen molar-refractivity contribution in [2.45, 2.75) is 0 Å². The van der Waals surface area contributed by atoms with Gasteiger partial charge in [-0.25, -0.2) is 0 Å². The summed E-state index contributed by atoms with van der Waals surface area (Å²) >= 11 is 3.68. The molecule has 0 bridgehead atoms. The van der Waals surface area contributed by atoms with Gasteiger partial charge in [0.2, 0.25) is 0 Å². The standard InChI is InChI=1S/C37H21NS2/c38-22-23-6-5-7-26(18-23)31-19-24(25-13-16-36-32(20-25)29-8-1-3-10-34(29)39-36)12-15-28(31)27-14-17-37-33(21-27)30-9-2-4-11-35(30)40-37/h1-21H. The molecule has 0 radical (unpaired) electrons. The van der Waals surface area contributed by atoms with Gasteiger partial charge in [-0.05, 0) is 88.0 Å². The van der Waals surface area contributed by atoms with Crippen LogP contribution in [0.1, 0.15) is 5.56 Å². The summed E-state index contributed by atoms with van der Waals surface area (Å²) in [6, 6.07) is 47.9. The number of thiophene rings is 2. The van der Waals surface area contributed by atoms with Crippen LogP contribution in [-0.4, -0.2) is 0 Å². The molecule has 8 aromatic rings. The summed E-state index contributed by atoms with van der Waals surface area (Å²) in [6.07, 6.45) is 0. The number of nitrogens with zero attached hydrogens (tertiary/aromatic N) is 1. The Morgan fingerprint density at radius 3 is 1.65 bits per heavy atom. The fourth-order valence-electron chi connectivity index (χ4n) is 5.77. The summed E-state index contributed by atoms with van der Waals surface area (Å²) in [4.78, 5) is 0. The third-order valence-corrected chi connectivity index (χ3v) is 10.0.